The summed E-state index contributed by atoms with van der Waals surface area (Å²) in [6.45, 7) is 3.53. The molecule has 3 aromatic carbocycles. The Morgan fingerprint density at radius 1 is 0.969 bits per heavy atom. The van der Waals surface area contributed by atoms with Crippen LogP contribution in [0.15, 0.2) is 84.0 Å². The van der Waals surface area contributed by atoms with Crippen molar-refractivity contribution in [3.05, 3.63) is 95.6 Å². The zero-order valence-corrected chi connectivity index (χ0v) is 18.5. The number of H-pyrrole nitrogens is 1. The molecular weight excluding hydrogens is 420 g/mol. The van der Waals surface area contributed by atoms with Crippen LogP contribution in [0.25, 0.3) is 11.4 Å². The molecule has 0 radical (unpaired) electrons. The van der Waals surface area contributed by atoms with Crippen LogP contribution in [0.4, 0.5) is 5.69 Å². The van der Waals surface area contributed by atoms with E-state index in [-0.39, 0.29) is 11.7 Å². The predicted octanol–water partition coefficient (Wildman–Crippen LogP) is 5.45. The van der Waals surface area contributed by atoms with Crippen LogP contribution in [0.3, 0.4) is 0 Å². The van der Waals surface area contributed by atoms with Gasteiger partial charge in [-0.2, -0.15) is 0 Å². The predicted molar refractivity (Wildman–Crippen MR) is 127 cm³/mol. The van der Waals surface area contributed by atoms with Crippen LogP contribution in [-0.2, 0) is 4.79 Å². The van der Waals surface area contributed by atoms with Crippen LogP contribution in [0.2, 0.25) is 0 Å². The van der Waals surface area contributed by atoms with Gasteiger partial charge in [0.1, 0.15) is 5.25 Å². The van der Waals surface area contributed by atoms with Crippen LogP contribution in [0.1, 0.15) is 33.7 Å². The fourth-order valence-corrected chi connectivity index (χ4v) is 4.08. The maximum atomic E-state index is 13.2. The van der Waals surface area contributed by atoms with E-state index in [0.29, 0.717) is 22.2 Å². The summed E-state index contributed by atoms with van der Waals surface area (Å²) in [7, 11) is 0. The zero-order chi connectivity index (χ0) is 22.5. The molecule has 6 nitrogen and oxygen atoms in total. The quantitative estimate of drug-likeness (QED) is 0.293. The first-order valence-corrected chi connectivity index (χ1v) is 11.0. The Kier molecular flexibility index (Phi) is 6.47. The minimum atomic E-state index is -0.571. The number of carbonyl (C=O) groups is 2. The molecule has 0 aliphatic heterocycles. The van der Waals surface area contributed by atoms with Crippen molar-refractivity contribution in [1.82, 2.24) is 15.2 Å². The highest BCUT2D eigenvalue weighted by atomic mass is 32.2. The molecule has 0 aliphatic carbocycles. The summed E-state index contributed by atoms with van der Waals surface area (Å²) in [4.78, 5) is 29.5. The van der Waals surface area contributed by atoms with Crippen molar-refractivity contribution in [2.75, 3.05) is 5.32 Å². The van der Waals surface area contributed by atoms with Gasteiger partial charge in [0.15, 0.2) is 11.6 Å². The lowest BCUT2D eigenvalue weighted by molar-refractivity contribution is -0.115. The second kappa shape index (κ2) is 9.62. The molecule has 32 heavy (non-hydrogen) atoms. The fraction of sp³-hybridized carbons (Fsp3) is 0.120. The Hall–Kier alpha value is -3.71. The highest BCUT2D eigenvalue weighted by Crippen LogP contribution is 2.35. The Morgan fingerprint density at radius 3 is 2.44 bits per heavy atom. The average Bonchev–Trinajstić information content (AvgIpc) is 3.27. The molecule has 160 valence electrons. The number of Topliss-reactive ketones (excluding diaryl/α,β-unsaturated/α-hetero) is 1. The number of nitrogens with one attached hydrogen (secondary N) is 2. The summed E-state index contributed by atoms with van der Waals surface area (Å²) in [5.41, 5.74) is 4.04. The van der Waals surface area contributed by atoms with Gasteiger partial charge in [-0.25, -0.2) is 4.98 Å². The second-order valence-electron chi connectivity index (χ2n) is 7.37. The molecule has 0 aliphatic rings. The van der Waals surface area contributed by atoms with Crippen LogP contribution >= 0.6 is 11.8 Å². The number of amides is 1. The Balaban J connectivity index is 1.58. The van der Waals surface area contributed by atoms with E-state index in [1.54, 1.807) is 24.3 Å². The van der Waals surface area contributed by atoms with Gasteiger partial charge >= 0.3 is 0 Å². The van der Waals surface area contributed by atoms with Gasteiger partial charge in [0.05, 0.1) is 0 Å². The average molecular weight is 443 g/mol. The first-order valence-electron chi connectivity index (χ1n) is 10.1. The summed E-state index contributed by atoms with van der Waals surface area (Å²) < 4.78 is 0. The third-order valence-corrected chi connectivity index (χ3v) is 6.01. The molecule has 4 rings (SSSR count). The normalized spacial score (nSPS) is 11.7. The number of hydrogen-bond donors (Lipinski definition) is 2. The monoisotopic (exact) mass is 442 g/mol. The lowest BCUT2D eigenvalue weighted by Gasteiger charge is -2.15. The van der Waals surface area contributed by atoms with Crippen molar-refractivity contribution in [3.63, 3.8) is 0 Å². The SMILES string of the molecule is CC(=O)c1cccc(NC(=O)[C@H](Sc2n[nH]c(-c3ccc(C)cc3)n2)c2ccccc2)c1. The number of nitrogens with zero attached hydrogens (tertiary/aromatic N) is 2. The van der Waals surface area contributed by atoms with E-state index in [1.807, 2.05) is 61.5 Å². The van der Waals surface area contributed by atoms with Gasteiger partial charge in [0.2, 0.25) is 11.1 Å². The van der Waals surface area contributed by atoms with Gasteiger partial charge in [-0.1, -0.05) is 84.1 Å². The van der Waals surface area contributed by atoms with Crippen LogP contribution < -0.4 is 5.32 Å². The van der Waals surface area contributed by atoms with Gasteiger partial charge < -0.3 is 5.32 Å². The van der Waals surface area contributed by atoms with Crippen molar-refractivity contribution < 1.29 is 9.59 Å². The van der Waals surface area contributed by atoms with Crippen LogP contribution in [-0.4, -0.2) is 26.9 Å². The summed E-state index contributed by atoms with van der Waals surface area (Å²) in [5.74, 6) is 0.372. The minimum Gasteiger partial charge on any atom is -0.325 e. The standard InChI is InChI=1S/C25H22N4O2S/c1-16-11-13-19(14-12-16)23-27-25(29-28-23)32-22(18-7-4-3-5-8-18)24(31)26-21-10-6-9-20(15-21)17(2)30/h3-15,22H,1-2H3,(H,26,31)(H,27,28,29)/t22-/m1/s1. The Bertz CT molecular complexity index is 1240. The third kappa shape index (κ3) is 5.12. The van der Waals surface area contributed by atoms with Crippen molar-refractivity contribution in [2.24, 2.45) is 0 Å². The molecule has 0 spiro atoms. The molecule has 0 unspecified atom stereocenters. The lowest BCUT2D eigenvalue weighted by Crippen LogP contribution is -2.19. The van der Waals surface area contributed by atoms with Gasteiger partial charge in [0.25, 0.3) is 0 Å². The number of hydrogen-bond acceptors (Lipinski definition) is 5. The summed E-state index contributed by atoms with van der Waals surface area (Å²) in [6, 6.07) is 24.4. The second-order valence-corrected chi connectivity index (χ2v) is 8.44. The number of ketones is 1. The summed E-state index contributed by atoms with van der Waals surface area (Å²) >= 11 is 1.27. The number of aryl methyl sites for hydroxylation is 1. The maximum Gasteiger partial charge on any atom is 0.242 e. The first kappa shape index (κ1) is 21.5. The number of thioether (sulfide) groups is 1. The molecule has 0 fully saturated rings. The van der Waals surface area contributed by atoms with Crippen LogP contribution in [0, 0.1) is 6.92 Å². The van der Waals surface area contributed by atoms with Crippen molar-refractivity contribution >= 4 is 29.1 Å². The van der Waals surface area contributed by atoms with Crippen LogP contribution in [0.5, 0.6) is 0 Å². The minimum absolute atomic E-state index is 0.0561. The fourth-order valence-electron chi connectivity index (χ4n) is 3.17. The molecule has 1 aromatic heterocycles. The van der Waals surface area contributed by atoms with E-state index in [1.165, 1.54) is 18.7 Å². The van der Waals surface area contributed by atoms with E-state index >= 15 is 0 Å². The first-order chi connectivity index (χ1) is 15.5. The smallest absolute Gasteiger partial charge is 0.242 e. The molecular formula is C25H22N4O2S. The molecule has 1 amide bonds. The number of aromatic nitrogens is 3. The van der Waals surface area contributed by atoms with Gasteiger partial charge in [0, 0.05) is 16.8 Å². The summed E-state index contributed by atoms with van der Waals surface area (Å²) in [6.07, 6.45) is 0. The number of rotatable bonds is 7. The van der Waals surface area contributed by atoms with E-state index in [0.717, 1.165) is 16.7 Å². The number of benzene rings is 3. The molecule has 1 atom stereocenters. The van der Waals surface area contributed by atoms with E-state index in [9.17, 15) is 9.59 Å². The number of anilines is 1. The largest absolute Gasteiger partial charge is 0.325 e. The molecule has 0 saturated carbocycles. The number of aromatic amines is 1. The zero-order valence-electron chi connectivity index (χ0n) is 17.7. The van der Waals surface area contributed by atoms with Gasteiger partial charge in [-0.3, -0.25) is 14.7 Å². The molecule has 0 saturated heterocycles. The molecule has 4 aromatic rings. The molecule has 7 heteroatoms. The highest BCUT2D eigenvalue weighted by molar-refractivity contribution is 8.00. The number of carbonyl (C=O) groups excluding carboxylic acids is 2. The third-order valence-electron chi connectivity index (χ3n) is 4.89. The van der Waals surface area contributed by atoms with Crippen molar-refractivity contribution in [2.45, 2.75) is 24.3 Å². The van der Waals surface area contributed by atoms with E-state index < -0.39 is 5.25 Å². The molecule has 1 heterocycles. The topological polar surface area (TPSA) is 87.7 Å². The molecule has 2 N–H and O–H groups in total. The maximum absolute atomic E-state index is 13.2. The Labute approximate surface area is 190 Å². The lowest BCUT2D eigenvalue weighted by atomic mass is 10.1. The summed E-state index contributed by atoms with van der Waals surface area (Å²) in [5, 5.41) is 10.1. The van der Waals surface area contributed by atoms with Crippen molar-refractivity contribution in [3.8, 4) is 11.4 Å². The van der Waals surface area contributed by atoms with Crippen molar-refractivity contribution in [1.29, 1.82) is 0 Å². The Morgan fingerprint density at radius 2 is 1.72 bits per heavy atom. The highest BCUT2D eigenvalue weighted by Gasteiger charge is 2.24. The van der Waals surface area contributed by atoms with Gasteiger partial charge in [-0.15, -0.1) is 5.10 Å². The molecule has 0 bridgehead atoms. The van der Waals surface area contributed by atoms with E-state index in [4.69, 9.17) is 0 Å². The van der Waals surface area contributed by atoms with E-state index in [2.05, 4.69) is 20.5 Å². The van der Waals surface area contributed by atoms with Gasteiger partial charge in [-0.05, 0) is 31.5 Å².